The van der Waals surface area contributed by atoms with Crippen LogP contribution in [0.3, 0.4) is 0 Å². The minimum atomic E-state index is -3.41. The van der Waals surface area contributed by atoms with E-state index in [2.05, 4.69) is 15.0 Å². The number of nitrogens with zero attached hydrogens (tertiary/aromatic N) is 1. The van der Waals surface area contributed by atoms with Crippen LogP contribution in [0, 0.1) is 0 Å². The SMILES string of the molecule is CC(NS(=O)(=O)CC1CNCCO1)c1nc2ccccc2s1. The smallest absolute Gasteiger partial charge is 0.214 e. The Kier molecular flexibility index (Phi) is 4.74. The number of ether oxygens (including phenoxy) is 1. The average molecular weight is 341 g/mol. The van der Waals surface area contributed by atoms with Crippen LogP contribution in [0.5, 0.6) is 0 Å². The molecule has 2 N–H and O–H groups in total. The number of morpholine rings is 1. The number of benzene rings is 1. The van der Waals surface area contributed by atoms with Crippen molar-refractivity contribution in [2.24, 2.45) is 0 Å². The van der Waals surface area contributed by atoms with Crippen molar-refractivity contribution >= 4 is 31.6 Å². The molecule has 0 amide bonds. The summed E-state index contributed by atoms with van der Waals surface area (Å²) >= 11 is 1.51. The Hall–Kier alpha value is -1.06. The van der Waals surface area contributed by atoms with Gasteiger partial charge in [-0.3, -0.25) is 0 Å². The summed E-state index contributed by atoms with van der Waals surface area (Å²) in [5.41, 5.74) is 0.897. The van der Waals surface area contributed by atoms with Gasteiger partial charge >= 0.3 is 0 Å². The third kappa shape index (κ3) is 3.82. The molecule has 0 bridgehead atoms. The molecule has 3 rings (SSSR count). The highest BCUT2D eigenvalue weighted by Gasteiger charge is 2.24. The fourth-order valence-electron chi connectivity index (χ4n) is 2.41. The second kappa shape index (κ2) is 6.59. The number of hydrogen-bond acceptors (Lipinski definition) is 6. The highest BCUT2D eigenvalue weighted by molar-refractivity contribution is 7.89. The monoisotopic (exact) mass is 341 g/mol. The molecule has 0 saturated carbocycles. The van der Waals surface area contributed by atoms with Crippen LogP contribution in [0.25, 0.3) is 10.2 Å². The minimum absolute atomic E-state index is 0.0325. The van der Waals surface area contributed by atoms with Crippen LogP contribution < -0.4 is 10.0 Å². The van der Waals surface area contributed by atoms with Gasteiger partial charge in [0.2, 0.25) is 10.0 Å². The first kappa shape index (κ1) is 15.8. The van der Waals surface area contributed by atoms with E-state index in [4.69, 9.17) is 4.74 Å². The molecule has 0 radical (unpaired) electrons. The molecule has 1 fully saturated rings. The van der Waals surface area contributed by atoms with E-state index >= 15 is 0 Å². The van der Waals surface area contributed by atoms with Crippen LogP contribution in [0.15, 0.2) is 24.3 Å². The molecule has 0 spiro atoms. The molecule has 2 atom stereocenters. The van der Waals surface area contributed by atoms with Crippen LogP contribution >= 0.6 is 11.3 Å². The predicted molar refractivity (Wildman–Crippen MR) is 87.6 cm³/mol. The Morgan fingerprint density at radius 2 is 2.32 bits per heavy atom. The fourth-order valence-corrected chi connectivity index (χ4v) is 4.91. The first-order valence-electron chi connectivity index (χ1n) is 7.21. The molecule has 1 aromatic heterocycles. The zero-order valence-electron chi connectivity index (χ0n) is 12.3. The molecule has 2 heterocycles. The van der Waals surface area contributed by atoms with Gasteiger partial charge in [0.25, 0.3) is 0 Å². The molecule has 1 aliphatic rings. The molecule has 2 aromatic rings. The van der Waals surface area contributed by atoms with Crippen molar-refractivity contribution < 1.29 is 13.2 Å². The van der Waals surface area contributed by atoms with Crippen molar-refractivity contribution in [3.05, 3.63) is 29.3 Å². The number of nitrogens with one attached hydrogen (secondary N) is 2. The maximum absolute atomic E-state index is 12.3. The van der Waals surface area contributed by atoms with Gasteiger partial charge < -0.3 is 10.1 Å². The lowest BCUT2D eigenvalue weighted by Crippen LogP contribution is -2.44. The molecule has 1 aromatic carbocycles. The van der Waals surface area contributed by atoms with Crippen LogP contribution in [0.1, 0.15) is 18.0 Å². The van der Waals surface area contributed by atoms with Crippen molar-refractivity contribution in [3.63, 3.8) is 0 Å². The van der Waals surface area contributed by atoms with Crippen molar-refractivity contribution in [1.82, 2.24) is 15.0 Å². The Morgan fingerprint density at radius 1 is 1.50 bits per heavy atom. The van der Waals surface area contributed by atoms with Crippen LogP contribution in [0.4, 0.5) is 0 Å². The van der Waals surface area contributed by atoms with Crippen molar-refractivity contribution in [2.45, 2.75) is 19.1 Å². The van der Waals surface area contributed by atoms with Gasteiger partial charge in [-0.15, -0.1) is 11.3 Å². The minimum Gasteiger partial charge on any atom is -0.374 e. The van der Waals surface area contributed by atoms with Crippen molar-refractivity contribution in [1.29, 1.82) is 0 Å². The molecule has 1 aliphatic heterocycles. The molecular weight excluding hydrogens is 322 g/mol. The Balaban J connectivity index is 1.67. The summed E-state index contributed by atoms with van der Waals surface area (Å²) in [5, 5.41) is 3.90. The zero-order chi connectivity index (χ0) is 15.6. The van der Waals surface area contributed by atoms with E-state index < -0.39 is 10.0 Å². The summed E-state index contributed by atoms with van der Waals surface area (Å²) < 4.78 is 33.7. The van der Waals surface area contributed by atoms with Gasteiger partial charge in [0.05, 0.1) is 34.7 Å². The Bertz CT molecular complexity index is 706. The largest absolute Gasteiger partial charge is 0.374 e. The van der Waals surface area contributed by atoms with Gasteiger partial charge in [0, 0.05) is 13.1 Å². The van der Waals surface area contributed by atoms with E-state index in [1.807, 2.05) is 31.2 Å². The van der Waals surface area contributed by atoms with Crippen LogP contribution in [-0.4, -0.2) is 45.0 Å². The number of thiazole rings is 1. The van der Waals surface area contributed by atoms with Crippen LogP contribution in [0.2, 0.25) is 0 Å². The Labute approximate surface area is 133 Å². The molecule has 22 heavy (non-hydrogen) atoms. The number of para-hydroxylation sites is 1. The standard InChI is InChI=1S/C14H19N3O3S2/c1-10(14-16-12-4-2-3-5-13(12)21-14)17-22(18,19)9-11-8-15-6-7-20-11/h2-5,10-11,15,17H,6-9H2,1H3. The van der Waals surface area contributed by atoms with Gasteiger partial charge in [0.15, 0.2) is 0 Å². The summed E-state index contributed by atoms with van der Waals surface area (Å²) in [6.07, 6.45) is -0.297. The van der Waals surface area contributed by atoms with Gasteiger partial charge in [0.1, 0.15) is 5.01 Å². The molecule has 8 heteroatoms. The van der Waals surface area contributed by atoms with Crippen molar-refractivity contribution in [3.8, 4) is 0 Å². The van der Waals surface area contributed by atoms with E-state index in [0.29, 0.717) is 13.2 Å². The lowest BCUT2D eigenvalue weighted by molar-refractivity contribution is 0.0428. The third-order valence-electron chi connectivity index (χ3n) is 3.45. The van der Waals surface area contributed by atoms with E-state index in [9.17, 15) is 8.42 Å². The van der Waals surface area contributed by atoms with E-state index in [0.717, 1.165) is 21.8 Å². The normalized spacial score (nSPS) is 21.0. The highest BCUT2D eigenvalue weighted by atomic mass is 32.2. The molecular formula is C14H19N3O3S2. The number of rotatable bonds is 5. The number of sulfonamides is 1. The molecule has 2 unspecified atom stereocenters. The van der Waals surface area contributed by atoms with Gasteiger partial charge in [-0.25, -0.2) is 18.1 Å². The highest BCUT2D eigenvalue weighted by Crippen LogP contribution is 2.26. The third-order valence-corrected chi connectivity index (χ3v) is 6.19. The summed E-state index contributed by atoms with van der Waals surface area (Å²) in [4.78, 5) is 4.49. The van der Waals surface area contributed by atoms with Crippen LogP contribution in [-0.2, 0) is 14.8 Å². The second-order valence-corrected chi connectivity index (χ2v) is 8.20. The first-order valence-corrected chi connectivity index (χ1v) is 9.68. The quantitative estimate of drug-likeness (QED) is 0.856. The maximum atomic E-state index is 12.3. The summed E-state index contributed by atoms with van der Waals surface area (Å²) in [5.74, 6) is -0.0325. The summed E-state index contributed by atoms with van der Waals surface area (Å²) in [6.45, 7) is 3.70. The Morgan fingerprint density at radius 3 is 3.05 bits per heavy atom. The lowest BCUT2D eigenvalue weighted by atomic mass is 10.3. The first-order chi connectivity index (χ1) is 10.5. The van der Waals surface area contributed by atoms with Gasteiger partial charge in [-0.1, -0.05) is 12.1 Å². The summed E-state index contributed by atoms with van der Waals surface area (Å²) in [7, 11) is -3.41. The summed E-state index contributed by atoms with van der Waals surface area (Å²) in [6, 6.07) is 7.44. The number of hydrogen-bond donors (Lipinski definition) is 2. The van der Waals surface area contributed by atoms with E-state index in [1.54, 1.807) is 0 Å². The lowest BCUT2D eigenvalue weighted by Gasteiger charge is -2.24. The fraction of sp³-hybridized carbons (Fsp3) is 0.500. The zero-order valence-corrected chi connectivity index (χ0v) is 13.9. The van der Waals surface area contributed by atoms with Gasteiger partial charge in [-0.2, -0.15) is 0 Å². The number of fused-ring (bicyclic) bond motifs is 1. The number of aromatic nitrogens is 1. The van der Waals surface area contributed by atoms with Gasteiger partial charge in [-0.05, 0) is 19.1 Å². The van der Waals surface area contributed by atoms with Crippen molar-refractivity contribution in [2.75, 3.05) is 25.4 Å². The average Bonchev–Trinajstić information content (AvgIpc) is 2.91. The van der Waals surface area contributed by atoms with E-state index in [1.165, 1.54) is 11.3 Å². The predicted octanol–water partition coefficient (Wildman–Crippen LogP) is 1.27. The molecule has 6 nitrogen and oxygen atoms in total. The maximum Gasteiger partial charge on any atom is 0.214 e. The molecule has 0 aliphatic carbocycles. The van der Waals surface area contributed by atoms with E-state index in [-0.39, 0.29) is 17.9 Å². The molecule has 120 valence electrons. The molecule has 1 saturated heterocycles. The topological polar surface area (TPSA) is 80.3 Å². The second-order valence-electron chi connectivity index (χ2n) is 5.34.